The van der Waals surface area contributed by atoms with Gasteiger partial charge in [0.1, 0.15) is 0 Å². The van der Waals surface area contributed by atoms with Crippen molar-refractivity contribution in [2.45, 2.75) is 24.8 Å². The van der Waals surface area contributed by atoms with Gasteiger partial charge in [0.2, 0.25) is 5.96 Å². The van der Waals surface area contributed by atoms with Crippen molar-refractivity contribution >= 4 is 22.9 Å². The van der Waals surface area contributed by atoms with Crippen LogP contribution in [0.5, 0.6) is 0 Å². The Morgan fingerprint density at radius 1 is 1.20 bits per heavy atom. The van der Waals surface area contributed by atoms with Crippen LogP contribution in [0.2, 0.25) is 0 Å². The molecule has 30 heavy (non-hydrogen) atoms. The number of nitrogens with two attached hydrogens (primary N) is 2. The van der Waals surface area contributed by atoms with Crippen LogP contribution < -0.4 is 22.4 Å². The second kappa shape index (κ2) is 6.99. The Labute approximate surface area is 172 Å². The van der Waals surface area contributed by atoms with Gasteiger partial charge in [-0.3, -0.25) is 15.0 Å². The SMILES string of the molecule is NN/N=C(\N)NC(=O)N1CCC2(CCn3nc(-c4cnc5ccccc5c4)cc32)C1. The van der Waals surface area contributed by atoms with Crippen LogP contribution in [0.4, 0.5) is 4.79 Å². The Hall–Kier alpha value is -3.66. The van der Waals surface area contributed by atoms with Crippen LogP contribution >= 0.6 is 0 Å². The highest BCUT2D eigenvalue weighted by Gasteiger charge is 2.47. The zero-order chi connectivity index (χ0) is 20.7. The van der Waals surface area contributed by atoms with E-state index in [2.05, 4.69) is 43.8 Å². The first kappa shape index (κ1) is 18.4. The van der Waals surface area contributed by atoms with Crippen molar-refractivity contribution in [3.8, 4) is 11.3 Å². The number of pyridine rings is 1. The van der Waals surface area contributed by atoms with Crippen LogP contribution in [0.1, 0.15) is 18.5 Å². The number of nitrogens with one attached hydrogen (secondary N) is 2. The zero-order valence-corrected chi connectivity index (χ0v) is 16.4. The highest BCUT2D eigenvalue weighted by atomic mass is 16.2. The minimum atomic E-state index is -0.278. The number of para-hydroxylation sites is 1. The number of fused-ring (bicyclic) bond motifs is 3. The van der Waals surface area contributed by atoms with Gasteiger partial charge in [0.15, 0.2) is 0 Å². The molecular weight excluding hydrogens is 382 g/mol. The summed E-state index contributed by atoms with van der Waals surface area (Å²) in [7, 11) is 0. The van der Waals surface area contributed by atoms with E-state index < -0.39 is 0 Å². The van der Waals surface area contributed by atoms with E-state index in [1.165, 1.54) is 5.69 Å². The Balaban J connectivity index is 1.39. The third kappa shape index (κ3) is 3.01. The van der Waals surface area contributed by atoms with Crippen LogP contribution in [0.3, 0.4) is 0 Å². The second-order valence-electron chi connectivity index (χ2n) is 7.81. The number of nitrogens with zero attached hydrogens (tertiary/aromatic N) is 5. The number of rotatable bonds is 2. The number of carbonyl (C=O) groups is 1. The largest absolute Gasteiger partial charge is 0.368 e. The van der Waals surface area contributed by atoms with Crippen LogP contribution in [-0.2, 0) is 12.0 Å². The molecule has 2 aliphatic heterocycles. The predicted molar refractivity (Wildman–Crippen MR) is 113 cm³/mol. The van der Waals surface area contributed by atoms with Crippen molar-refractivity contribution in [3.63, 3.8) is 0 Å². The number of hydrazine groups is 1. The maximum atomic E-state index is 12.5. The molecule has 1 aromatic carbocycles. The third-order valence-electron chi connectivity index (χ3n) is 6.07. The topological polar surface area (TPSA) is 139 Å². The van der Waals surface area contributed by atoms with Gasteiger partial charge in [-0.05, 0) is 31.0 Å². The molecule has 6 N–H and O–H groups in total. The van der Waals surface area contributed by atoms with Gasteiger partial charge in [-0.15, -0.1) is 5.10 Å². The molecule has 1 saturated heterocycles. The average molecular weight is 405 g/mol. The molecular formula is C20H23N9O. The number of aromatic nitrogens is 3. The van der Waals surface area contributed by atoms with E-state index in [-0.39, 0.29) is 17.4 Å². The fourth-order valence-corrected chi connectivity index (χ4v) is 4.56. The Morgan fingerprint density at radius 2 is 2.03 bits per heavy atom. The van der Waals surface area contributed by atoms with E-state index in [0.29, 0.717) is 13.1 Å². The average Bonchev–Trinajstić information content (AvgIpc) is 3.45. The van der Waals surface area contributed by atoms with Gasteiger partial charge in [-0.2, -0.15) is 5.10 Å². The molecule has 5 rings (SSSR count). The van der Waals surface area contributed by atoms with Crippen LogP contribution in [0.25, 0.3) is 22.2 Å². The van der Waals surface area contributed by atoms with Gasteiger partial charge < -0.3 is 10.6 Å². The standard InChI is InChI=1S/C20H23N9O/c21-18(25-27-22)24-19(30)28-7-5-20(12-28)6-8-29-17(20)10-16(26-29)14-9-13-3-1-2-4-15(13)23-11-14/h1-4,9-11,27H,5-8,12,22H2,(H3,21,24,25,30). The number of hydrazone groups is 1. The molecule has 1 fully saturated rings. The van der Waals surface area contributed by atoms with E-state index in [4.69, 9.17) is 16.7 Å². The number of urea groups is 1. The Morgan fingerprint density at radius 3 is 2.90 bits per heavy atom. The molecule has 154 valence electrons. The monoisotopic (exact) mass is 405 g/mol. The highest BCUT2D eigenvalue weighted by molar-refractivity contribution is 5.95. The van der Waals surface area contributed by atoms with Gasteiger partial charge >= 0.3 is 6.03 Å². The van der Waals surface area contributed by atoms with Crippen LogP contribution in [-0.4, -0.2) is 44.7 Å². The minimum absolute atomic E-state index is 0.0639. The van der Waals surface area contributed by atoms with Crippen molar-refractivity contribution in [1.82, 2.24) is 30.5 Å². The molecule has 10 heteroatoms. The van der Waals surface area contributed by atoms with E-state index in [1.807, 2.05) is 24.4 Å². The molecule has 4 heterocycles. The van der Waals surface area contributed by atoms with E-state index in [9.17, 15) is 4.79 Å². The van der Waals surface area contributed by atoms with Gasteiger partial charge in [0.25, 0.3) is 0 Å². The first-order valence-corrected chi connectivity index (χ1v) is 9.86. The molecule has 0 radical (unpaired) electrons. The third-order valence-corrected chi connectivity index (χ3v) is 6.07. The number of hydrogen-bond donors (Lipinski definition) is 4. The highest BCUT2D eigenvalue weighted by Crippen LogP contribution is 2.43. The smallest absolute Gasteiger partial charge is 0.324 e. The summed E-state index contributed by atoms with van der Waals surface area (Å²) in [4.78, 5) is 18.8. The number of amides is 2. The molecule has 0 saturated carbocycles. The summed E-state index contributed by atoms with van der Waals surface area (Å²) in [6, 6.07) is 12.0. The Kier molecular flexibility index (Phi) is 4.28. The van der Waals surface area contributed by atoms with Crippen LogP contribution in [0, 0.1) is 0 Å². The molecule has 1 atom stereocenters. The van der Waals surface area contributed by atoms with Crippen molar-refractivity contribution in [3.05, 3.63) is 48.3 Å². The summed E-state index contributed by atoms with van der Waals surface area (Å²) in [5, 5.41) is 12.0. The fraction of sp³-hybridized carbons (Fsp3) is 0.300. The number of carbonyl (C=O) groups excluding carboxylic acids is 1. The Bertz CT molecular complexity index is 1150. The zero-order valence-electron chi connectivity index (χ0n) is 16.4. The van der Waals surface area contributed by atoms with Gasteiger partial charge in [-0.1, -0.05) is 18.2 Å². The summed E-state index contributed by atoms with van der Waals surface area (Å²) < 4.78 is 2.07. The lowest BCUT2D eigenvalue weighted by atomic mass is 9.82. The molecule has 1 unspecified atom stereocenters. The summed E-state index contributed by atoms with van der Waals surface area (Å²) >= 11 is 0. The number of likely N-dealkylation sites (tertiary alicyclic amines) is 1. The first-order chi connectivity index (χ1) is 14.6. The molecule has 1 spiro atoms. The van der Waals surface area contributed by atoms with Crippen molar-refractivity contribution < 1.29 is 4.79 Å². The molecule has 2 amide bonds. The number of guanidine groups is 1. The number of aryl methyl sites for hydroxylation is 1. The van der Waals surface area contributed by atoms with Crippen molar-refractivity contribution in [2.75, 3.05) is 13.1 Å². The van der Waals surface area contributed by atoms with Crippen molar-refractivity contribution in [1.29, 1.82) is 0 Å². The molecule has 0 aliphatic carbocycles. The normalized spacial score (nSPS) is 20.7. The maximum absolute atomic E-state index is 12.5. The maximum Gasteiger partial charge on any atom is 0.324 e. The first-order valence-electron chi connectivity index (χ1n) is 9.86. The lowest BCUT2D eigenvalue weighted by Gasteiger charge is -2.23. The number of hydrogen-bond acceptors (Lipinski definition) is 6. The molecule has 0 bridgehead atoms. The predicted octanol–water partition coefficient (Wildman–Crippen LogP) is 0.848. The van der Waals surface area contributed by atoms with E-state index >= 15 is 0 Å². The molecule has 2 aliphatic rings. The van der Waals surface area contributed by atoms with E-state index in [1.54, 1.807) is 4.90 Å². The molecule has 10 nitrogen and oxygen atoms in total. The van der Waals surface area contributed by atoms with Crippen molar-refractivity contribution in [2.24, 2.45) is 16.7 Å². The van der Waals surface area contributed by atoms with Gasteiger partial charge in [0.05, 0.1) is 11.2 Å². The summed E-state index contributed by atoms with van der Waals surface area (Å²) in [5.74, 6) is 5.03. The quantitative estimate of drug-likeness (QED) is 0.216. The second-order valence-corrected chi connectivity index (χ2v) is 7.81. The van der Waals surface area contributed by atoms with Crippen LogP contribution in [0.15, 0.2) is 47.7 Å². The summed E-state index contributed by atoms with van der Waals surface area (Å²) in [5.41, 5.74) is 11.6. The summed E-state index contributed by atoms with van der Waals surface area (Å²) in [6.07, 6.45) is 3.71. The van der Waals surface area contributed by atoms with Gasteiger partial charge in [-0.25, -0.2) is 16.2 Å². The summed E-state index contributed by atoms with van der Waals surface area (Å²) in [6.45, 7) is 2.10. The minimum Gasteiger partial charge on any atom is -0.368 e. The lowest BCUT2D eigenvalue weighted by molar-refractivity contribution is 0.210. The van der Waals surface area contributed by atoms with Gasteiger partial charge in [0, 0.05) is 47.9 Å². The fourth-order valence-electron chi connectivity index (χ4n) is 4.56. The van der Waals surface area contributed by atoms with E-state index in [0.717, 1.165) is 41.5 Å². The molecule has 3 aromatic rings. The lowest BCUT2D eigenvalue weighted by Crippen LogP contribution is -2.46. The molecule has 2 aromatic heterocycles. The number of benzene rings is 1.